The van der Waals surface area contributed by atoms with E-state index in [1.54, 1.807) is 13.8 Å². The van der Waals surface area contributed by atoms with Gasteiger partial charge in [-0.3, -0.25) is 14.9 Å². The van der Waals surface area contributed by atoms with Crippen molar-refractivity contribution in [2.24, 2.45) is 0 Å². The van der Waals surface area contributed by atoms with Gasteiger partial charge in [-0.25, -0.2) is 4.79 Å². The Morgan fingerprint density at radius 3 is 2.50 bits per heavy atom. The zero-order chi connectivity index (χ0) is 23.6. The topological polar surface area (TPSA) is 114 Å². The van der Waals surface area contributed by atoms with E-state index >= 15 is 0 Å². The molecule has 0 radical (unpaired) electrons. The third kappa shape index (κ3) is 8.24. The minimum Gasteiger partial charge on any atom is -0.480 e. The standard InChI is InChI=1S/C24H36N2O6/c1-4-31-23(30)19(13-12-18-10-6-5-7-11-18)25-17(2)21(27)26-20(22(28)29)16-24(3)14-8-9-15-32-24/h5-7,10-11,17,19-20,25H,4,8-9,12-16H2,1-3H3,(H,26,27)(H,28,29)/t17?,19-,20?,24-/m0/s1. The van der Waals surface area contributed by atoms with Crippen LogP contribution < -0.4 is 10.6 Å². The van der Waals surface area contributed by atoms with Gasteiger partial charge in [0.25, 0.3) is 0 Å². The molecule has 1 aromatic rings. The molecule has 0 spiro atoms. The number of rotatable bonds is 12. The molecule has 8 heteroatoms. The molecule has 1 saturated heterocycles. The predicted octanol–water partition coefficient (Wildman–Crippen LogP) is 2.45. The summed E-state index contributed by atoms with van der Waals surface area (Å²) in [4.78, 5) is 37.0. The van der Waals surface area contributed by atoms with E-state index in [0.717, 1.165) is 24.8 Å². The second-order valence-corrected chi connectivity index (χ2v) is 8.58. The van der Waals surface area contributed by atoms with Gasteiger partial charge >= 0.3 is 11.9 Å². The molecular weight excluding hydrogens is 412 g/mol. The van der Waals surface area contributed by atoms with Gasteiger partial charge in [-0.1, -0.05) is 30.3 Å². The average Bonchev–Trinajstić information content (AvgIpc) is 2.77. The summed E-state index contributed by atoms with van der Waals surface area (Å²) >= 11 is 0. The van der Waals surface area contributed by atoms with Crippen LogP contribution in [0.2, 0.25) is 0 Å². The van der Waals surface area contributed by atoms with E-state index in [2.05, 4.69) is 10.6 Å². The SMILES string of the molecule is CCOC(=O)[C@H](CCc1ccccc1)NC(C)C(=O)NC(C[C@]1(C)CCCCO1)C(=O)O. The largest absolute Gasteiger partial charge is 0.480 e. The molecule has 1 aromatic carbocycles. The van der Waals surface area contributed by atoms with Crippen molar-refractivity contribution < 1.29 is 29.0 Å². The molecule has 4 atom stereocenters. The van der Waals surface area contributed by atoms with Crippen LogP contribution in [-0.4, -0.2) is 59.9 Å². The second kappa shape index (κ2) is 12.6. The van der Waals surface area contributed by atoms with Crippen LogP contribution in [0, 0.1) is 0 Å². The van der Waals surface area contributed by atoms with Gasteiger partial charge in [0.15, 0.2) is 0 Å². The molecule has 32 heavy (non-hydrogen) atoms. The number of carboxylic acids is 1. The third-order valence-electron chi connectivity index (χ3n) is 5.78. The maximum absolute atomic E-state index is 12.8. The van der Waals surface area contributed by atoms with Gasteiger partial charge in [-0.05, 0) is 58.4 Å². The number of carboxylic acid groups (broad SMARTS) is 1. The second-order valence-electron chi connectivity index (χ2n) is 8.58. The van der Waals surface area contributed by atoms with Gasteiger partial charge in [0.1, 0.15) is 12.1 Å². The number of amides is 1. The molecular formula is C24H36N2O6. The monoisotopic (exact) mass is 448 g/mol. The molecule has 3 N–H and O–H groups in total. The van der Waals surface area contributed by atoms with Crippen LogP contribution >= 0.6 is 0 Å². The number of hydrogen-bond acceptors (Lipinski definition) is 6. The highest BCUT2D eigenvalue weighted by atomic mass is 16.5. The van der Waals surface area contributed by atoms with Crippen molar-refractivity contribution in [1.82, 2.24) is 10.6 Å². The summed E-state index contributed by atoms with van der Waals surface area (Å²) in [5, 5.41) is 15.3. The molecule has 2 rings (SSSR count). The summed E-state index contributed by atoms with van der Waals surface area (Å²) in [6.45, 7) is 6.06. The Bertz CT molecular complexity index is 748. The number of hydrogen-bond donors (Lipinski definition) is 3. The van der Waals surface area contributed by atoms with Crippen molar-refractivity contribution in [3.8, 4) is 0 Å². The first-order chi connectivity index (χ1) is 15.2. The van der Waals surface area contributed by atoms with E-state index in [9.17, 15) is 19.5 Å². The van der Waals surface area contributed by atoms with Crippen molar-refractivity contribution in [3.05, 3.63) is 35.9 Å². The van der Waals surface area contributed by atoms with Crippen molar-refractivity contribution in [2.45, 2.75) is 83.0 Å². The quantitative estimate of drug-likeness (QED) is 0.421. The summed E-state index contributed by atoms with van der Waals surface area (Å²) in [6.07, 6.45) is 3.96. The molecule has 0 aliphatic carbocycles. The Morgan fingerprint density at radius 2 is 1.91 bits per heavy atom. The highest BCUT2D eigenvalue weighted by molar-refractivity contribution is 5.87. The van der Waals surface area contributed by atoms with Crippen LogP contribution in [0.1, 0.15) is 58.4 Å². The van der Waals surface area contributed by atoms with Crippen molar-refractivity contribution in [2.75, 3.05) is 13.2 Å². The molecule has 0 bridgehead atoms. The average molecular weight is 449 g/mol. The number of aryl methyl sites for hydroxylation is 1. The highest BCUT2D eigenvalue weighted by Gasteiger charge is 2.35. The number of ether oxygens (including phenoxy) is 2. The molecule has 1 fully saturated rings. The Morgan fingerprint density at radius 1 is 1.19 bits per heavy atom. The Hall–Kier alpha value is -2.45. The van der Waals surface area contributed by atoms with Crippen LogP contribution in [0.25, 0.3) is 0 Å². The van der Waals surface area contributed by atoms with E-state index in [1.807, 2.05) is 37.3 Å². The van der Waals surface area contributed by atoms with Crippen LogP contribution in [0.3, 0.4) is 0 Å². The number of nitrogens with one attached hydrogen (secondary N) is 2. The molecule has 0 aromatic heterocycles. The van der Waals surface area contributed by atoms with E-state index in [0.29, 0.717) is 19.4 Å². The zero-order valence-electron chi connectivity index (χ0n) is 19.3. The summed E-state index contributed by atoms with van der Waals surface area (Å²) in [5.41, 5.74) is 0.501. The predicted molar refractivity (Wildman–Crippen MR) is 120 cm³/mol. The Labute approximate surface area is 190 Å². The van der Waals surface area contributed by atoms with Gasteiger partial charge < -0.3 is 19.9 Å². The van der Waals surface area contributed by atoms with Crippen molar-refractivity contribution >= 4 is 17.8 Å². The zero-order valence-corrected chi connectivity index (χ0v) is 19.3. The molecule has 8 nitrogen and oxygen atoms in total. The fourth-order valence-corrected chi connectivity index (χ4v) is 3.93. The van der Waals surface area contributed by atoms with Crippen LogP contribution in [0.4, 0.5) is 0 Å². The molecule has 178 valence electrons. The van der Waals surface area contributed by atoms with E-state index in [-0.39, 0.29) is 13.0 Å². The van der Waals surface area contributed by atoms with Crippen molar-refractivity contribution in [1.29, 1.82) is 0 Å². The lowest BCUT2D eigenvalue weighted by molar-refractivity contribution is -0.148. The number of carbonyl (C=O) groups excluding carboxylic acids is 2. The molecule has 2 unspecified atom stereocenters. The van der Waals surface area contributed by atoms with Gasteiger partial charge in [-0.15, -0.1) is 0 Å². The smallest absolute Gasteiger partial charge is 0.326 e. The third-order valence-corrected chi connectivity index (χ3v) is 5.78. The van der Waals surface area contributed by atoms with Gasteiger partial charge in [0.2, 0.25) is 5.91 Å². The van der Waals surface area contributed by atoms with Crippen LogP contribution in [-0.2, 0) is 30.3 Å². The molecule has 1 aliphatic heterocycles. The molecule has 0 saturated carbocycles. The van der Waals surface area contributed by atoms with Gasteiger partial charge in [0, 0.05) is 13.0 Å². The lowest BCUT2D eigenvalue weighted by Crippen LogP contribution is -2.55. The Balaban J connectivity index is 1.98. The Kier molecular flexibility index (Phi) is 10.1. The minimum absolute atomic E-state index is 0.191. The lowest BCUT2D eigenvalue weighted by atomic mass is 9.89. The van der Waals surface area contributed by atoms with Gasteiger partial charge in [-0.2, -0.15) is 0 Å². The molecule has 1 heterocycles. The highest BCUT2D eigenvalue weighted by Crippen LogP contribution is 2.29. The van der Waals surface area contributed by atoms with Crippen LogP contribution in [0.5, 0.6) is 0 Å². The number of benzene rings is 1. The minimum atomic E-state index is -1.10. The van der Waals surface area contributed by atoms with Crippen LogP contribution in [0.15, 0.2) is 30.3 Å². The van der Waals surface area contributed by atoms with Crippen molar-refractivity contribution in [3.63, 3.8) is 0 Å². The lowest BCUT2D eigenvalue weighted by Gasteiger charge is -2.36. The van der Waals surface area contributed by atoms with E-state index < -0.39 is 41.6 Å². The number of esters is 1. The summed E-state index contributed by atoms with van der Waals surface area (Å²) in [7, 11) is 0. The number of aliphatic carboxylic acids is 1. The fourth-order valence-electron chi connectivity index (χ4n) is 3.93. The summed E-state index contributed by atoms with van der Waals surface area (Å²) in [6, 6.07) is 7.21. The summed E-state index contributed by atoms with van der Waals surface area (Å²) < 4.78 is 11.0. The normalized spacial score (nSPS) is 21.2. The first-order valence-electron chi connectivity index (χ1n) is 11.4. The van der Waals surface area contributed by atoms with E-state index in [1.165, 1.54) is 0 Å². The number of carbonyl (C=O) groups is 3. The van der Waals surface area contributed by atoms with Gasteiger partial charge in [0.05, 0.1) is 18.2 Å². The summed E-state index contributed by atoms with van der Waals surface area (Å²) in [5.74, 6) is -2.02. The first-order valence-corrected chi connectivity index (χ1v) is 11.4. The first kappa shape index (κ1) is 25.8. The maximum atomic E-state index is 12.8. The fraction of sp³-hybridized carbons (Fsp3) is 0.625. The van der Waals surface area contributed by atoms with E-state index in [4.69, 9.17) is 9.47 Å². The maximum Gasteiger partial charge on any atom is 0.326 e. The molecule has 1 amide bonds. The molecule has 1 aliphatic rings.